The van der Waals surface area contributed by atoms with Gasteiger partial charge in [-0.1, -0.05) is 6.07 Å². The molecule has 1 aliphatic rings. The maximum absolute atomic E-state index is 13.1. The molecule has 0 aromatic heterocycles. The fraction of sp³-hybridized carbons (Fsp3) is 0.316. The second-order valence-electron chi connectivity index (χ2n) is 6.63. The fourth-order valence-electron chi connectivity index (χ4n) is 3.09. The standard InChI is InChI=1S/C19H20BrFN2O3S/c1-13-4-9-18(17(20)11-13)22-19(24)14-3-2-10-23(12-14)27(25,26)16-7-5-15(21)6-8-16/h4-9,11,14H,2-3,10,12H2,1H3,(H,22,24). The van der Waals surface area contributed by atoms with Crippen molar-refractivity contribution in [2.75, 3.05) is 18.4 Å². The molecule has 1 saturated heterocycles. The number of amides is 1. The van der Waals surface area contributed by atoms with E-state index in [4.69, 9.17) is 0 Å². The molecule has 2 aromatic carbocycles. The molecule has 0 bridgehead atoms. The summed E-state index contributed by atoms with van der Waals surface area (Å²) in [6, 6.07) is 10.4. The highest BCUT2D eigenvalue weighted by Gasteiger charge is 2.33. The topological polar surface area (TPSA) is 66.5 Å². The minimum absolute atomic E-state index is 0.0336. The predicted molar refractivity (Wildman–Crippen MR) is 105 cm³/mol. The van der Waals surface area contributed by atoms with Crippen LogP contribution in [-0.2, 0) is 14.8 Å². The Morgan fingerprint density at radius 2 is 1.93 bits per heavy atom. The van der Waals surface area contributed by atoms with E-state index in [1.165, 1.54) is 16.4 Å². The van der Waals surface area contributed by atoms with Gasteiger partial charge < -0.3 is 5.32 Å². The van der Waals surface area contributed by atoms with E-state index in [1.54, 1.807) is 0 Å². The van der Waals surface area contributed by atoms with Crippen molar-refractivity contribution in [3.05, 3.63) is 58.3 Å². The number of aryl methyl sites for hydroxylation is 1. The van der Waals surface area contributed by atoms with Crippen molar-refractivity contribution in [3.8, 4) is 0 Å². The van der Waals surface area contributed by atoms with Crippen molar-refractivity contribution in [1.29, 1.82) is 0 Å². The largest absolute Gasteiger partial charge is 0.325 e. The molecule has 1 heterocycles. The van der Waals surface area contributed by atoms with Crippen LogP contribution in [0.3, 0.4) is 0 Å². The number of benzene rings is 2. The zero-order valence-electron chi connectivity index (χ0n) is 14.8. The molecule has 0 spiro atoms. The lowest BCUT2D eigenvalue weighted by Gasteiger charge is -2.31. The summed E-state index contributed by atoms with van der Waals surface area (Å²) < 4.78 is 40.7. The summed E-state index contributed by atoms with van der Waals surface area (Å²) in [6.07, 6.45) is 1.21. The van der Waals surface area contributed by atoms with Crippen LogP contribution in [0.5, 0.6) is 0 Å². The number of sulfonamides is 1. The highest BCUT2D eigenvalue weighted by Crippen LogP contribution is 2.27. The summed E-state index contributed by atoms with van der Waals surface area (Å²) in [6.45, 7) is 2.41. The van der Waals surface area contributed by atoms with E-state index in [1.807, 2.05) is 25.1 Å². The van der Waals surface area contributed by atoms with Crippen molar-refractivity contribution in [2.45, 2.75) is 24.7 Å². The quantitative estimate of drug-likeness (QED) is 0.760. The van der Waals surface area contributed by atoms with Crippen LogP contribution in [0.1, 0.15) is 18.4 Å². The molecule has 1 amide bonds. The second kappa shape index (κ2) is 8.08. The zero-order chi connectivity index (χ0) is 19.6. The van der Waals surface area contributed by atoms with Crippen LogP contribution < -0.4 is 5.32 Å². The van der Waals surface area contributed by atoms with Gasteiger partial charge in [0.2, 0.25) is 15.9 Å². The zero-order valence-corrected chi connectivity index (χ0v) is 17.2. The van der Waals surface area contributed by atoms with Gasteiger partial charge in [0.05, 0.1) is 16.5 Å². The summed E-state index contributed by atoms with van der Waals surface area (Å²) in [5, 5.41) is 2.87. The number of carbonyl (C=O) groups excluding carboxylic acids is 1. The number of anilines is 1. The van der Waals surface area contributed by atoms with E-state index in [0.29, 0.717) is 25.1 Å². The van der Waals surface area contributed by atoms with Gasteiger partial charge in [0.25, 0.3) is 0 Å². The van der Waals surface area contributed by atoms with E-state index in [-0.39, 0.29) is 17.3 Å². The summed E-state index contributed by atoms with van der Waals surface area (Å²) >= 11 is 3.43. The van der Waals surface area contributed by atoms with E-state index in [0.717, 1.165) is 22.2 Å². The van der Waals surface area contributed by atoms with Gasteiger partial charge >= 0.3 is 0 Å². The third kappa shape index (κ3) is 4.56. The molecular formula is C19H20BrFN2O3S. The number of piperidine rings is 1. The average molecular weight is 455 g/mol. The van der Waals surface area contributed by atoms with Crippen molar-refractivity contribution in [2.24, 2.45) is 5.92 Å². The van der Waals surface area contributed by atoms with Crippen molar-refractivity contribution >= 4 is 37.5 Å². The smallest absolute Gasteiger partial charge is 0.243 e. The van der Waals surface area contributed by atoms with Gasteiger partial charge in [0.1, 0.15) is 5.82 Å². The SMILES string of the molecule is Cc1ccc(NC(=O)C2CCCN(S(=O)(=O)c3ccc(F)cc3)C2)c(Br)c1. The van der Waals surface area contributed by atoms with Crippen LogP contribution in [0.2, 0.25) is 0 Å². The molecule has 27 heavy (non-hydrogen) atoms. The van der Waals surface area contributed by atoms with E-state index in [9.17, 15) is 17.6 Å². The van der Waals surface area contributed by atoms with Gasteiger partial charge in [-0.3, -0.25) is 4.79 Å². The molecule has 1 fully saturated rings. The molecule has 1 unspecified atom stereocenters. The first kappa shape index (κ1) is 20.0. The number of rotatable bonds is 4. The molecule has 2 aromatic rings. The first-order valence-corrected chi connectivity index (χ1v) is 10.8. The third-order valence-corrected chi connectivity index (χ3v) is 7.12. The van der Waals surface area contributed by atoms with Crippen LogP contribution in [0.15, 0.2) is 51.8 Å². The number of halogens is 2. The first-order chi connectivity index (χ1) is 12.8. The molecule has 144 valence electrons. The normalized spacial score (nSPS) is 18.3. The van der Waals surface area contributed by atoms with Crippen LogP contribution >= 0.6 is 15.9 Å². The van der Waals surface area contributed by atoms with Crippen molar-refractivity contribution < 1.29 is 17.6 Å². The first-order valence-electron chi connectivity index (χ1n) is 8.60. The number of nitrogens with one attached hydrogen (secondary N) is 1. The third-order valence-electron chi connectivity index (χ3n) is 4.59. The summed E-state index contributed by atoms with van der Waals surface area (Å²) in [7, 11) is -3.75. The van der Waals surface area contributed by atoms with Gasteiger partial charge in [-0.2, -0.15) is 4.31 Å². The molecule has 1 atom stereocenters. The maximum Gasteiger partial charge on any atom is 0.243 e. The van der Waals surface area contributed by atoms with Gasteiger partial charge in [-0.15, -0.1) is 0 Å². The Hall–Kier alpha value is -1.77. The Bertz CT molecular complexity index is 948. The molecule has 3 rings (SSSR count). The molecule has 0 saturated carbocycles. The van der Waals surface area contributed by atoms with Crippen LogP contribution in [-0.4, -0.2) is 31.7 Å². The second-order valence-corrected chi connectivity index (χ2v) is 9.42. The number of hydrogen-bond donors (Lipinski definition) is 1. The van der Waals surface area contributed by atoms with Gasteiger partial charge in [0, 0.05) is 17.6 Å². The maximum atomic E-state index is 13.1. The van der Waals surface area contributed by atoms with Crippen LogP contribution in [0, 0.1) is 18.7 Å². The Morgan fingerprint density at radius 1 is 1.22 bits per heavy atom. The molecule has 5 nitrogen and oxygen atoms in total. The lowest BCUT2D eigenvalue weighted by atomic mass is 9.98. The minimum Gasteiger partial charge on any atom is -0.325 e. The lowest BCUT2D eigenvalue weighted by molar-refractivity contribution is -0.120. The molecule has 1 aliphatic heterocycles. The van der Waals surface area contributed by atoms with Crippen LogP contribution in [0.25, 0.3) is 0 Å². The monoisotopic (exact) mass is 454 g/mol. The summed E-state index contributed by atoms with van der Waals surface area (Å²) in [4.78, 5) is 12.7. The van der Waals surface area contributed by atoms with Gasteiger partial charge in [-0.25, -0.2) is 12.8 Å². The Labute approximate surface area is 166 Å². The molecular weight excluding hydrogens is 435 g/mol. The van der Waals surface area contributed by atoms with Crippen molar-refractivity contribution in [1.82, 2.24) is 4.31 Å². The lowest BCUT2D eigenvalue weighted by Crippen LogP contribution is -2.43. The summed E-state index contributed by atoms with van der Waals surface area (Å²) in [5.41, 5.74) is 1.72. The molecule has 1 N–H and O–H groups in total. The van der Waals surface area contributed by atoms with Crippen LogP contribution in [0.4, 0.5) is 10.1 Å². The Balaban J connectivity index is 1.73. The molecule has 0 radical (unpaired) electrons. The summed E-state index contributed by atoms with van der Waals surface area (Å²) in [5.74, 6) is -1.14. The van der Waals surface area contributed by atoms with E-state index < -0.39 is 21.8 Å². The van der Waals surface area contributed by atoms with E-state index in [2.05, 4.69) is 21.2 Å². The molecule has 0 aliphatic carbocycles. The highest BCUT2D eigenvalue weighted by molar-refractivity contribution is 9.10. The van der Waals surface area contributed by atoms with E-state index >= 15 is 0 Å². The fourth-order valence-corrected chi connectivity index (χ4v) is 5.20. The minimum atomic E-state index is -3.75. The number of hydrogen-bond acceptors (Lipinski definition) is 3. The highest BCUT2D eigenvalue weighted by atomic mass is 79.9. The van der Waals surface area contributed by atoms with Crippen molar-refractivity contribution in [3.63, 3.8) is 0 Å². The van der Waals surface area contributed by atoms with Gasteiger partial charge in [-0.05, 0) is 77.7 Å². The van der Waals surface area contributed by atoms with Gasteiger partial charge in [0.15, 0.2) is 0 Å². The average Bonchev–Trinajstić information content (AvgIpc) is 2.64. The predicted octanol–water partition coefficient (Wildman–Crippen LogP) is 3.94. The Kier molecular flexibility index (Phi) is 5.98. The number of carbonyl (C=O) groups is 1. The Morgan fingerprint density at radius 3 is 2.59 bits per heavy atom. The molecule has 8 heteroatoms. The number of nitrogens with zero attached hydrogens (tertiary/aromatic N) is 1.